The number of benzene rings is 10. The lowest BCUT2D eigenvalue weighted by Crippen LogP contribution is -2.10. The van der Waals surface area contributed by atoms with Gasteiger partial charge in [0.25, 0.3) is 0 Å². The number of hydrogen-bond acceptors (Lipinski definition) is 6. The van der Waals surface area contributed by atoms with Crippen LogP contribution in [0.15, 0.2) is 230 Å². The number of nitrogens with zero attached hydrogens (tertiary/aromatic N) is 2. The molecular weight excluding hydrogens is 885 g/mol. The van der Waals surface area contributed by atoms with E-state index in [1.165, 1.54) is 0 Å². The molecule has 0 spiro atoms. The molecule has 0 saturated heterocycles. The predicted octanol–water partition coefficient (Wildman–Crippen LogP) is 16.1. The van der Waals surface area contributed by atoms with E-state index in [1.54, 1.807) is 12.2 Å². The maximum Gasteiger partial charge on any atom is 0.197 e. The van der Waals surface area contributed by atoms with Crippen LogP contribution in [0.1, 0.15) is 63.7 Å². The number of Topliss-reactive ketones (excluding diaryl/α,β-unsaturated/α-hetero) is 4. The fourth-order valence-electron chi connectivity index (χ4n) is 9.94. The van der Waals surface area contributed by atoms with Crippen LogP contribution in [0, 0.1) is 13.8 Å². The van der Waals surface area contributed by atoms with Crippen LogP contribution in [0.4, 0.5) is 34.1 Å². The second-order valence-electron chi connectivity index (χ2n) is 18.5. The molecule has 0 atom stereocenters. The first-order chi connectivity index (χ1) is 35.1. The van der Waals surface area contributed by atoms with Gasteiger partial charge in [-0.15, -0.1) is 0 Å². The van der Waals surface area contributed by atoms with Gasteiger partial charge in [-0.3, -0.25) is 19.2 Å². The van der Waals surface area contributed by atoms with E-state index < -0.39 is 0 Å². The van der Waals surface area contributed by atoms with Gasteiger partial charge in [-0.1, -0.05) is 132 Å². The Morgan fingerprint density at radius 2 is 0.528 bits per heavy atom. The third-order valence-electron chi connectivity index (χ3n) is 13.8. The van der Waals surface area contributed by atoms with Crippen LogP contribution < -0.4 is 9.80 Å². The van der Waals surface area contributed by atoms with Gasteiger partial charge in [0, 0.05) is 56.4 Å². The quantitative estimate of drug-likeness (QED) is 0.106. The predicted molar refractivity (Wildman–Crippen MR) is 292 cm³/mol. The molecule has 12 rings (SSSR count). The zero-order valence-corrected chi connectivity index (χ0v) is 39.5. The van der Waals surface area contributed by atoms with Crippen LogP contribution in [0.2, 0.25) is 0 Å². The summed E-state index contributed by atoms with van der Waals surface area (Å²) >= 11 is 0. The Kier molecular flexibility index (Phi) is 10.8. The molecule has 0 saturated carbocycles. The lowest BCUT2D eigenvalue weighted by Gasteiger charge is -2.26. The zero-order chi connectivity index (χ0) is 49.0. The third-order valence-corrected chi connectivity index (χ3v) is 13.8. The summed E-state index contributed by atoms with van der Waals surface area (Å²) in [5, 5.41) is 3.73. The van der Waals surface area contributed by atoms with Crippen LogP contribution in [-0.4, -0.2) is 23.1 Å². The van der Waals surface area contributed by atoms with Crippen molar-refractivity contribution >= 4 is 91.0 Å². The van der Waals surface area contributed by atoms with Crippen molar-refractivity contribution in [1.29, 1.82) is 0 Å². The van der Waals surface area contributed by atoms with E-state index in [2.05, 4.69) is 121 Å². The number of carbonyl (C=O) groups is 4. The number of aryl methyl sites for hydroxylation is 2. The van der Waals surface area contributed by atoms with Gasteiger partial charge in [0.05, 0.1) is 11.1 Å². The highest BCUT2D eigenvalue weighted by molar-refractivity contribution is 6.43. The van der Waals surface area contributed by atoms with Gasteiger partial charge in [0.1, 0.15) is 0 Å². The Labute approximate surface area is 417 Å². The molecule has 0 heterocycles. The van der Waals surface area contributed by atoms with Crippen LogP contribution in [-0.2, 0) is 0 Å². The Bertz CT molecular complexity index is 3530. The van der Waals surface area contributed by atoms with Gasteiger partial charge in [-0.2, -0.15) is 0 Å². The van der Waals surface area contributed by atoms with Gasteiger partial charge in [0.2, 0.25) is 0 Å². The van der Waals surface area contributed by atoms with Crippen molar-refractivity contribution in [2.45, 2.75) is 13.8 Å². The Morgan fingerprint density at radius 1 is 0.292 bits per heavy atom. The average molecular weight is 929 g/mol. The molecule has 0 aliphatic heterocycles. The topological polar surface area (TPSA) is 74.8 Å². The monoisotopic (exact) mass is 928 g/mol. The number of ketones is 4. The molecule has 6 heteroatoms. The summed E-state index contributed by atoms with van der Waals surface area (Å²) < 4.78 is 0. The summed E-state index contributed by atoms with van der Waals surface area (Å²) in [7, 11) is 0. The van der Waals surface area contributed by atoms with Crippen molar-refractivity contribution in [3.8, 4) is 11.1 Å². The minimum atomic E-state index is -0.246. The molecular formula is C66H44N2O4. The molecule has 0 bridgehead atoms. The van der Waals surface area contributed by atoms with Gasteiger partial charge in [-0.05, 0) is 167 Å². The molecule has 0 unspecified atom stereocenters. The van der Waals surface area contributed by atoms with Crippen LogP contribution in [0.5, 0.6) is 0 Å². The second-order valence-corrected chi connectivity index (χ2v) is 18.5. The number of anilines is 6. The summed E-state index contributed by atoms with van der Waals surface area (Å²) in [5.74, 6) is -0.984. The molecule has 0 amide bonds. The first-order valence-corrected chi connectivity index (χ1v) is 24.0. The van der Waals surface area contributed by atoms with Crippen molar-refractivity contribution in [3.05, 3.63) is 274 Å². The zero-order valence-electron chi connectivity index (χ0n) is 39.5. The van der Waals surface area contributed by atoms with Crippen molar-refractivity contribution in [2.24, 2.45) is 0 Å². The van der Waals surface area contributed by atoms with E-state index >= 15 is 0 Å². The second kappa shape index (κ2) is 17.8. The van der Waals surface area contributed by atoms with E-state index in [0.29, 0.717) is 22.3 Å². The number of rotatable bonds is 9. The van der Waals surface area contributed by atoms with Crippen molar-refractivity contribution in [1.82, 2.24) is 0 Å². The minimum Gasteiger partial charge on any atom is -0.311 e. The summed E-state index contributed by atoms with van der Waals surface area (Å²) in [4.78, 5) is 58.5. The largest absolute Gasteiger partial charge is 0.311 e. The van der Waals surface area contributed by atoms with E-state index in [-0.39, 0.29) is 34.3 Å². The van der Waals surface area contributed by atoms with Crippen LogP contribution in [0.25, 0.3) is 44.8 Å². The summed E-state index contributed by atoms with van der Waals surface area (Å²) in [6.07, 6.45) is 3.41. The normalized spacial score (nSPS) is 12.9. The Balaban J connectivity index is 0.805. The number of hydrogen-bond donors (Lipinski definition) is 0. The third kappa shape index (κ3) is 7.91. The highest BCUT2D eigenvalue weighted by atomic mass is 16.2. The molecule has 0 N–H and O–H groups in total. The number of allylic oxidation sites excluding steroid dienone is 2. The van der Waals surface area contributed by atoms with Gasteiger partial charge >= 0.3 is 0 Å². The highest BCUT2D eigenvalue weighted by Crippen LogP contribution is 2.40. The molecule has 6 nitrogen and oxygen atoms in total. The Hall–Kier alpha value is -9.52. The van der Waals surface area contributed by atoms with Crippen molar-refractivity contribution in [3.63, 3.8) is 0 Å². The average Bonchev–Trinajstić information content (AvgIpc) is 3.78. The van der Waals surface area contributed by atoms with E-state index in [9.17, 15) is 19.2 Å². The molecule has 2 aliphatic carbocycles. The molecule has 342 valence electrons. The first-order valence-electron chi connectivity index (χ1n) is 24.0. The summed E-state index contributed by atoms with van der Waals surface area (Å²) in [6.45, 7) is 4.15. The lowest BCUT2D eigenvalue weighted by molar-refractivity contribution is 0.0975. The molecule has 0 aromatic heterocycles. The lowest BCUT2D eigenvalue weighted by atomic mass is 10.0. The molecule has 10 aromatic carbocycles. The maximum absolute atomic E-state index is 13.5. The van der Waals surface area contributed by atoms with Crippen LogP contribution >= 0.6 is 0 Å². The smallest absolute Gasteiger partial charge is 0.197 e. The molecule has 0 radical (unpaired) electrons. The fraction of sp³-hybridized carbons (Fsp3) is 0.0303. The Morgan fingerprint density at radius 3 is 0.792 bits per heavy atom. The highest BCUT2D eigenvalue weighted by Gasteiger charge is 2.34. The molecule has 2 aliphatic rings. The number of fused-ring (bicyclic) bond motifs is 4. The summed E-state index contributed by atoms with van der Waals surface area (Å²) in [6, 6.07) is 72.6. The fourth-order valence-corrected chi connectivity index (χ4v) is 9.94. The standard InChI is InChI=1S/C66H44N2O4/c1-41-11-23-51(24-12-41)67(53-27-15-43(16-28-53)35-61-63(69)57-37-47-7-3-4-8-48(47)38-58(57)64(61)70)55-31-19-45(20-32-55)46-21-33-56(34-22-46)68(52-25-13-42(2)14-26-52)54-29-17-44(18-30-54)36-62-65(71)59-39-49-9-5-6-10-50(49)40-60(59)66(62)72/h3-40H,1-2H3. The molecule has 10 aromatic rings. The molecule has 72 heavy (non-hydrogen) atoms. The van der Waals surface area contributed by atoms with E-state index in [0.717, 1.165) is 89.0 Å². The minimum absolute atomic E-state index is 0.178. The molecule has 0 fully saturated rings. The maximum atomic E-state index is 13.5. The van der Waals surface area contributed by atoms with Crippen molar-refractivity contribution in [2.75, 3.05) is 9.80 Å². The van der Waals surface area contributed by atoms with Crippen molar-refractivity contribution < 1.29 is 19.2 Å². The van der Waals surface area contributed by atoms with Crippen LogP contribution in [0.3, 0.4) is 0 Å². The SMILES string of the molecule is Cc1ccc(N(c2ccc(C=C3C(=O)c4cc5ccccc5cc4C3=O)cc2)c2ccc(-c3ccc(N(c4ccc(C)cc4)c4ccc(C=C5C(=O)c6cc7ccccc7cc6C5=O)cc4)cc3)cc2)cc1. The van der Waals surface area contributed by atoms with E-state index in [4.69, 9.17) is 0 Å². The van der Waals surface area contributed by atoms with E-state index in [1.807, 2.05) is 121 Å². The number of carbonyl (C=O) groups excluding carboxylic acids is 4. The van der Waals surface area contributed by atoms with Gasteiger partial charge < -0.3 is 9.80 Å². The van der Waals surface area contributed by atoms with Gasteiger partial charge in [0.15, 0.2) is 23.1 Å². The van der Waals surface area contributed by atoms with Gasteiger partial charge in [-0.25, -0.2) is 0 Å². The first kappa shape index (κ1) is 43.7. The summed E-state index contributed by atoms with van der Waals surface area (Å²) in [5.41, 5.74) is 13.9.